The molecule has 1 fully saturated rings. The smallest absolute Gasteiger partial charge is 0.346 e. The molecule has 1 atom stereocenters. The van der Waals surface area contributed by atoms with Crippen molar-refractivity contribution < 1.29 is 18.7 Å². The molecule has 0 bridgehead atoms. The molecule has 0 aliphatic carbocycles. The van der Waals surface area contributed by atoms with Crippen LogP contribution in [0.25, 0.3) is 0 Å². The van der Waals surface area contributed by atoms with E-state index in [0.717, 1.165) is 10.8 Å². The number of rotatable bonds is 4. The summed E-state index contributed by atoms with van der Waals surface area (Å²) in [6.07, 6.45) is 1.34. The number of hydrogen-bond donors (Lipinski definition) is 1. The first-order valence-electron chi connectivity index (χ1n) is 7.36. The standard InChI is InChI=1S/C17H17N3O4/c1-11-4-7-14(24-11)10-18-20-15(21)17(2,19-16(20)22)12-5-8-13(23-3)9-6-12/h4-10H,1-3H3,(H,19,22)/b18-10-/t17-/m1/s1. The summed E-state index contributed by atoms with van der Waals surface area (Å²) in [7, 11) is 1.56. The number of nitrogens with zero attached hydrogens (tertiary/aromatic N) is 2. The molecule has 2 heterocycles. The Labute approximate surface area is 138 Å². The number of hydrazone groups is 1. The van der Waals surface area contributed by atoms with E-state index in [1.807, 2.05) is 0 Å². The monoisotopic (exact) mass is 327 g/mol. The Morgan fingerprint density at radius 3 is 2.50 bits per heavy atom. The van der Waals surface area contributed by atoms with Gasteiger partial charge in [0.15, 0.2) is 0 Å². The largest absolute Gasteiger partial charge is 0.497 e. The molecule has 1 aliphatic heterocycles. The molecule has 0 spiro atoms. The molecule has 1 aromatic carbocycles. The number of carbonyl (C=O) groups is 2. The van der Waals surface area contributed by atoms with Crippen LogP contribution in [0.2, 0.25) is 0 Å². The quantitative estimate of drug-likeness (QED) is 0.690. The zero-order valence-electron chi connectivity index (χ0n) is 13.6. The SMILES string of the molecule is COc1ccc([C@@]2(C)NC(=O)N(/N=C\c3ccc(C)o3)C2=O)cc1. The van der Waals surface area contributed by atoms with E-state index in [-0.39, 0.29) is 0 Å². The molecule has 0 saturated carbocycles. The molecule has 24 heavy (non-hydrogen) atoms. The fourth-order valence-corrected chi connectivity index (χ4v) is 2.49. The lowest BCUT2D eigenvalue weighted by atomic mass is 9.92. The van der Waals surface area contributed by atoms with Crippen LogP contribution in [-0.2, 0) is 10.3 Å². The Balaban J connectivity index is 1.85. The number of imide groups is 1. The van der Waals surface area contributed by atoms with Crippen LogP contribution in [0.1, 0.15) is 24.0 Å². The third-order valence-electron chi connectivity index (χ3n) is 3.90. The molecule has 7 heteroatoms. The van der Waals surface area contributed by atoms with Crippen LogP contribution < -0.4 is 10.1 Å². The molecular weight excluding hydrogens is 310 g/mol. The van der Waals surface area contributed by atoms with Crippen molar-refractivity contribution in [2.24, 2.45) is 5.10 Å². The molecular formula is C17H17N3O4. The molecule has 0 radical (unpaired) electrons. The van der Waals surface area contributed by atoms with Gasteiger partial charge < -0.3 is 14.5 Å². The number of aryl methyl sites for hydroxylation is 1. The molecule has 7 nitrogen and oxygen atoms in total. The molecule has 1 N–H and O–H groups in total. The minimum Gasteiger partial charge on any atom is -0.497 e. The van der Waals surface area contributed by atoms with Crippen molar-refractivity contribution in [3.63, 3.8) is 0 Å². The number of methoxy groups -OCH3 is 1. The van der Waals surface area contributed by atoms with E-state index >= 15 is 0 Å². The summed E-state index contributed by atoms with van der Waals surface area (Å²) in [4.78, 5) is 24.8. The number of ether oxygens (including phenoxy) is 1. The van der Waals surface area contributed by atoms with Gasteiger partial charge in [0, 0.05) is 0 Å². The highest BCUT2D eigenvalue weighted by molar-refractivity contribution is 6.07. The molecule has 3 rings (SSSR count). The van der Waals surface area contributed by atoms with E-state index in [4.69, 9.17) is 9.15 Å². The van der Waals surface area contributed by atoms with Crippen LogP contribution in [-0.4, -0.2) is 30.3 Å². The van der Waals surface area contributed by atoms with E-state index < -0.39 is 17.5 Å². The summed E-state index contributed by atoms with van der Waals surface area (Å²) >= 11 is 0. The van der Waals surface area contributed by atoms with Gasteiger partial charge in [0.1, 0.15) is 22.8 Å². The molecule has 3 amide bonds. The highest BCUT2D eigenvalue weighted by Crippen LogP contribution is 2.30. The first-order valence-corrected chi connectivity index (χ1v) is 7.36. The third kappa shape index (κ3) is 2.64. The van der Waals surface area contributed by atoms with Gasteiger partial charge in [-0.3, -0.25) is 4.79 Å². The van der Waals surface area contributed by atoms with Crippen molar-refractivity contribution in [2.45, 2.75) is 19.4 Å². The molecule has 2 aromatic rings. The molecule has 1 aromatic heterocycles. The molecule has 0 unspecified atom stereocenters. The summed E-state index contributed by atoms with van der Waals surface area (Å²) in [5, 5.41) is 7.44. The normalized spacial score (nSPS) is 20.7. The second-order valence-electron chi connectivity index (χ2n) is 5.59. The first kappa shape index (κ1) is 15.8. The maximum absolute atomic E-state index is 12.7. The Hall–Kier alpha value is -3.09. The minimum atomic E-state index is -1.18. The van der Waals surface area contributed by atoms with Gasteiger partial charge in [0.05, 0.1) is 13.3 Å². The van der Waals surface area contributed by atoms with Crippen LogP contribution in [0, 0.1) is 6.92 Å². The summed E-state index contributed by atoms with van der Waals surface area (Å²) in [6.45, 7) is 3.44. The summed E-state index contributed by atoms with van der Waals surface area (Å²) in [6, 6.07) is 9.84. The lowest BCUT2D eigenvalue weighted by molar-refractivity contribution is -0.131. The van der Waals surface area contributed by atoms with Crippen molar-refractivity contribution in [3.8, 4) is 5.75 Å². The average Bonchev–Trinajstić information content (AvgIpc) is 3.08. The van der Waals surface area contributed by atoms with E-state index in [1.54, 1.807) is 57.4 Å². The van der Waals surface area contributed by atoms with Gasteiger partial charge >= 0.3 is 6.03 Å². The Morgan fingerprint density at radius 2 is 1.92 bits per heavy atom. The molecule has 1 aliphatic rings. The van der Waals surface area contributed by atoms with Crippen LogP contribution in [0.3, 0.4) is 0 Å². The van der Waals surface area contributed by atoms with Crippen molar-refractivity contribution in [1.29, 1.82) is 0 Å². The van der Waals surface area contributed by atoms with Gasteiger partial charge in [-0.15, -0.1) is 5.01 Å². The van der Waals surface area contributed by atoms with Crippen LogP contribution in [0.4, 0.5) is 4.79 Å². The fraction of sp³-hybridized carbons (Fsp3) is 0.235. The zero-order valence-corrected chi connectivity index (χ0v) is 13.6. The van der Waals surface area contributed by atoms with E-state index in [2.05, 4.69) is 10.4 Å². The van der Waals surface area contributed by atoms with E-state index in [1.165, 1.54) is 6.21 Å². The van der Waals surface area contributed by atoms with Crippen LogP contribution in [0.5, 0.6) is 5.75 Å². The summed E-state index contributed by atoms with van der Waals surface area (Å²) in [5.41, 5.74) is -0.534. The highest BCUT2D eigenvalue weighted by Gasteiger charge is 2.49. The number of urea groups is 1. The summed E-state index contributed by atoms with van der Waals surface area (Å²) < 4.78 is 10.4. The van der Waals surface area contributed by atoms with Crippen molar-refractivity contribution in [2.75, 3.05) is 7.11 Å². The van der Waals surface area contributed by atoms with Gasteiger partial charge in [-0.05, 0) is 43.7 Å². The topological polar surface area (TPSA) is 84.1 Å². The van der Waals surface area contributed by atoms with Crippen molar-refractivity contribution in [3.05, 3.63) is 53.5 Å². The number of nitrogens with one attached hydrogen (secondary N) is 1. The highest BCUT2D eigenvalue weighted by atomic mass is 16.5. The van der Waals surface area contributed by atoms with Gasteiger partial charge in [-0.25, -0.2) is 4.79 Å². The lowest BCUT2D eigenvalue weighted by Gasteiger charge is -2.21. The van der Waals surface area contributed by atoms with E-state index in [9.17, 15) is 9.59 Å². The van der Waals surface area contributed by atoms with Crippen LogP contribution >= 0.6 is 0 Å². The number of amides is 3. The van der Waals surface area contributed by atoms with Gasteiger partial charge in [0.25, 0.3) is 5.91 Å². The number of furan rings is 1. The fourth-order valence-electron chi connectivity index (χ4n) is 2.49. The van der Waals surface area contributed by atoms with Gasteiger partial charge in [0.2, 0.25) is 0 Å². The number of carbonyl (C=O) groups excluding carboxylic acids is 2. The van der Waals surface area contributed by atoms with Crippen molar-refractivity contribution in [1.82, 2.24) is 10.3 Å². The van der Waals surface area contributed by atoms with Gasteiger partial charge in [-0.1, -0.05) is 12.1 Å². The average molecular weight is 327 g/mol. The first-order chi connectivity index (χ1) is 11.4. The summed E-state index contributed by atoms with van der Waals surface area (Å²) in [5.74, 6) is 1.39. The number of benzene rings is 1. The Morgan fingerprint density at radius 1 is 1.21 bits per heavy atom. The Bertz CT molecular complexity index is 809. The minimum absolute atomic E-state index is 0.461. The van der Waals surface area contributed by atoms with Gasteiger partial charge in [-0.2, -0.15) is 5.10 Å². The predicted molar refractivity (Wildman–Crippen MR) is 86.8 cm³/mol. The lowest BCUT2D eigenvalue weighted by Crippen LogP contribution is -2.40. The zero-order chi connectivity index (χ0) is 17.3. The number of hydrogen-bond acceptors (Lipinski definition) is 5. The Kier molecular flexibility index (Phi) is 3.84. The molecule has 124 valence electrons. The third-order valence-corrected chi connectivity index (χ3v) is 3.90. The maximum atomic E-state index is 12.7. The second-order valence-corrected chi connectivity index (χ2v) is 5.59. The maximum Gasteiger partial charge on any atom is 0.346 e. The van der Waals surface area contributed by atoms with Crippen molar-refractivity contribution >= 4 is 18.2 Å². The second kappa shape index (κ2) is 5.84. The van der Waals surface area contributed by atoms with Crippen LogP contribution in [0.15, 0.2) is 45.9 Å². The molecule has 1 saturated heterocycles. The predicted octanol–water partition coefficient (Wildman–Crippen LogP) is 2.40. The van der Waals surface area contributed by atoms with E-state index in [0.29, 0.717) is 17.1 Å².